The molecular formula is C17H18Cl2N2O3S2. The van der Waals surface area contributed by atoms with E-state index < -0.39 is 10.0 Å². The molecule has 0 aliphatic rings. The topological polar surface area (TPSA) is 66.5 Å². The van der Waals surface area contributed by atoms with Gasteiger partial charge < -0.3 is 5.32 Å². The average Bonchev–Trinajstić information content (AvgIpc) is 2.57. The van der Waals surface area contributed by atoms with Crippen LogP contribution in [0.4, 0.5) is 5.69 Å². The van der Waals surface area contributed by atoms with Gasteiger partial charge in [-0.2, -0.15) is 0 Å². The summed E-state index contributed by atoms with van der Waals surface area (Å²) in [6, 6.07) is 11.4. The Morgan fingerprint density at radius 1 is 1.15 bits per heavy atom. The third-order valence-corrected chi connectivity index (χ3v) is 6.78. The van der Waals surface area contributed by atoms with Crippen LogP contribution >= 0.6 is 35.0 Å². The molecule has 140 valence electrons. The van der Waals surface area contributed by atoms with Crippen LogP contribution in [0.1, 0.15) is 5.56 Å². The molecule has 2 aromatic carbocycles. The van der Waals surface area contributed by atoms with E-state index in [1.54, 1.807) is 24.3 Å². The van der Waals surface area contributed by atoms with Gasteiger partial charge in [0.2, 0.25) is 15.9 Å². The molecule has 1 N–H and O–H groups in total. The maximum Gasteiger partial charge on any atom is 0.242 e. The van der Waals surface area contributed by atoms with E-state index in [4.69, 9.17) is 23.2 Å². The van der Waals surface area contributed by atoms with E-state index in [-0.39, 0.29) is 16.6 Å². The van der Waals surface area contributed by atoms with Crippen molar-refractivity contribution in [2.45, 2.75) is 10.6 Å². The van der Waals surface area contributed by atoms with E-state index in [0.717, 1.165) is 9.87 Å². The molecule has 0 aliphatic heterocycles. The number of hydrogen-bond donors (Lipinski definition) is 1. The lowest BCUT2D eigenvalue weighted by molar-refractivity contribution is -0.113. The van der Waals surface area contributed by atoms with Gasteiger partial charge in [0.15, 0.2) is 0 Å². The summed E-state index contributed by atoms with van der Waals surface area (Å²) in [6.07, 6.45) is 0. The van der Waals surface area contributed by atoms with Crippen molar-refractivity contribution in [3.05, 3.63) is 58.1 Å². The summed E-state index contributed by atoms with van der Waals surface area (Å²) in [5.41, 5.74) is 1.33. The lowest BCUT2D eigenvalue weighted by atomic mass is 10.2. The van der Waals surface area contributed by atoms with E-state index in [2.05, 4.69) is 5.32 Å². The van der Waals surface area contributed by atoms with Crippen molar-refractivity contribution < 1.29 is 13.2 Å². The van der Waals surface area contributed by atoms with Gasteiger partial charge >= 0.3 is 0 Å². The fraction of sp³-hybridized carbons (Fsp3) is 0.235. The van der Waals surface area contributed by atoms with Crippen molar-refractivity contribution in [2.24, 2.45) is 0 Å². The highest BCUT2D eigenvalue weighted by atomic mass is 35.5. The van der Waals surface area contributed by atoms with Gasteiger partial charge in [-0.25, -0.2) is 12.7 Å². The summed E-state index contributed by atoms with van der Waals surface area (Å²) in [5.74, 6) is 0.557. The quantitative estimate of drug-likeness (QED) is 0.714. The van der Waals surface area contributed by atoms with Crippen LogP contribution in [-0.4, -0.2) is 38.5 Å². The van der Waals surface area contributed by atoms with E-state index in [1.165, 1.54) is 38.0 Å². The van der Waals surface area contributed by atoms with Crippen LogP contribution < -0.4 is 5.32 Å². The zero-order valence-electron chi connectivity index (χ0n) is 14.2. The molecule has 2 rings (SSSR count). The number of halogens is 2. The highest BCUT2D eigenvalue weighted by molar-refractivity contribution is 7.99. The number of sulfonamides is 1. The SMILES string of the molecule is CN(C)S(=O)(=O)c1cccc(NC(=O)CSCc2ccc(Cl)cc2Cl)c1. The zero-order valence-corrected chi connectivity index (χ0v) is 17.3. The summed E-state index contributed by atoms with van der Waals surface area (Å²) in [4.78, 5) is 12.2. The van der Waals surface area contributed by atoms with Crippen molar-refractivity contribution in [1.82, 2.24) is 4.31 Å². The number of anilines is 1. The summed E-state index contributed by atoms with van der Waals surface area (Å²) in [7, 11) is -0.630. The first kappa shape index (κ1) is 21.1. The summed E-state index contributed by atoms with van der Waals surface area (Å²) >= 11 is 13.4. The Balaban J connectivity index is 1.94. The monoisotopic (exact) mass is 432 g/mol. The molecule has 0 spiro atoms. The Kier molecular flexibility index (Phi) is 7.37. The van der Waals surface area contributed by atoms with E-state index in [1.807, 2.05) is 6.07 Å². The van der Waals surface area contributed by atoms with Gasteiger partial charge in [0.25, 0.3) is 0 Å². The molecular weight excluding hydrogens is 415 g/mol. The molecule has 0 saturated heterocycles. The fourth-order valence-corrected chi connectivity index (χ4v) is 4.37. The number of hydrogen-bond acceptors (Lipinski definition) is 4. The second kappa shape index (κ2) is 9.10. The number of nitrogens with one attached hydrogen (secondary N) is 1. The molecule has 0 unspecified atom stereocenters. The first-order valence-corrected chi connectivity index (χ1v) is 10.9. The minimum Gasteiger partial charge on any atom is -0.325 e. The molecule has 0 heterocycles. The van der Waals surface area contributed by atoms with E-state index >= 15 is 0 Å². The van der Waals surface area contributed by atoms with Crippen LogP contribution in [0.15, 0.2) is 47.4 Å². The minimum atomic E-state index is -3.55. The molecule has 1 amide bonds. The smallest absolute Gasteiger partial charge is 0.242 e. The van der Waals surface area contributed by atoms with Gasteiger partial charge in [-0.1, -0.05) is 35.3 Å². The number of carbonyl (C=O) groups is 1. The molecule has 0 aromatic heterocycles. The summed E-state index contributed by atoms with van der Waals surface area (Å²) in [5, 5.41) is 3.83. The van der Waals surface area contributed by atoms with Crippen LogP contribution in [0.5, 0.6) is 0 Å². The Bertz CT molecular complexity index is 903. The number of thioether (sulfide) groups is 1. The minimum absolute atomic E-state index is 0.126. The van der Waals surface area contributed by atoms with Crippen LogP contribution in [0, 0.1) is 0 Å². The molecule has 0 saturated carbocycles. The van der Waals surface area contributed by atoms with Gasteiger partial charge in [0.1, 0.15) is 0 Å². The van der Waals surface area contributed by atoms with Crippen molar-refractivity contribution in [3.8, 4) is 0 Å². The van der Waals surface area contributed by atoms with Crippen molar-refractivity contribution in [2.75, 3.05) is 25.2 Å². The molecule has 0 atom stereocenters. The van der Waals surface area contributed by atoms with Gasteiger partial charge in [-0.05, 0) is 35.9 Å². The van der Waals surface area contributed by atoms with Gasteiger partial charge in [0, 0.05) is 35.6 Å². The molecule has 5 nitrogen and oxygen atoms in total. The molecule has 2 aromatic rings. The lowest BCUT2D eigenvalue weighted by Crippen LogP contribution is -2.22. The molecule has 0 bridgehead atoms. The second-order valence-electron chi connectivity index (χ2n) is 5.59. The van der Waals surface area contributed by atoms with Gasteiger partial charge in [-0.15, -0.1) is 11.8 Å². The first-order chi connectivity index (χ1) is 12.2. The number of nitrogens with zero attached hydrogens (tertiary/aromatic N) is 1. The second-order valence-corrected chi connectivity index (χ2v) is 9.57. The van der Waals surface area contributed by atoms with Crippen LogP contribution in [0.3, 0.4) is 0 Å². The number of carbonyl (C=O) groups excluding carboxylic acids is 1. The van der Waals surface area contributed by atoms with E-state index in [0.29, 0.717) is 21.5 Å². The highest BCUT2D eigenvalue weighted by Gasteiger charge is 2.17. The molecule has 0 aliphatic carbocycles. The van der Waals surface area contributed by atoms with Crippen molar-refractivity contribution in [3.63, 3.8) is 0 Å². The standard InChI is InChI=1S/C17H18Cl2N2O3S2/c1-21(2)26(23,24)15-5-3-4-14(9-15)20-17(22)11-25-10-12-6-7-13(18)8-16(12)19/h3-9H,10-11H2,1-2H3,(H,20,22). The van der Waals surface area contributed by atoms with Crippen LogP contribution in [0.25, 0.3) is 0 Å². The number of benzene rings is 2. The maximum absolute atomic E-state index is 12.1. The third-order valence-electron chi connectivity index (χ3n) is 3.40. The lowest BCUT2D eigenvalue weighted by Gasteiger charge is -2.12. The number of amides is 1. The van der Waals surface area contributed by atoms with Gasteiger partial charge in [-0.3, -0.25) is 4.79 Å². The van der Waals surface area contributed by atoms with Crippen molar-refractivity contribution >= 4 is 56.6 Å². The largest absolute Gasteiger partial charge is 0.325 e. The van der Waals surface area contributed by atoms with Crippen LogP contribution in [-0.2, 0) is 20.6 Å². The fourth-order valence-electron chi connectivity index (χ4n) is 2.03. The Labute approximate surface area is 167 Å². The van der Waals surface area contributed by atoms with Gasteiger partial charge in [0.05, 0.1) is 10.6 Å². The average molecular weight is 433 g/mol. The Morgan fingerprint density at radius 2 is 1.88 bits per heavy atom. The summed E-state index contributed by atoms with van der Waals surface area (Å²) < 4.78 is 25.4. The first-order valence-electron chi connectivity index (χ1n) is 7.54. The maximum atomic E-state index is 12.1. The predicted octanol–water partition coefficient (Wildman–Crippen LogP) is 4.12. The molecule has 9 heteroatoms. The predicted molar refractivity (Wildman–Crippen MR) is 109 cm³/mol. The van der Waals surface area contributed by atoms with E-state index in [9.17, 15) is 13.2 Å². The van der Waals surface area contributed by atoms with Crippen molar-refractivity contribution in [1.29, 1.82) is 0 Å². The molecule has 0 radical (unpaired) electrons. The zero-order chi connectivity index (χ0) is 19.3. The number of rotatable bonds is 7. The Hall–Kier alpha value is -1.25. The molecule has 26 heavy (non-hydrogen) atoms. The molecule has 0 fully saturated rings. The third kappa shape index (κ3) is 5.62. The Morgan fingerprint density at radius 3 is 2.54 bits per heavy atom. The highest BCUT2D eigenvalue weighted by Crippen LogP contribution is 2.25. The normalized spacial score (nSPS) is 11.6. The van der Waals surface area contributed by atoms with Crippen LogP contribution in [0.2, 0.25) is 10.0 Å². The summed E-state index contributed by atoms with van der Waals surface area (Å²) in [6.45, 7) is 0.